The van der Waals surface area contributed by atoms with Crippen molar-refractivity contribution in [3.8, 4) is 10.7 Å². The van der Waals surface area contributed by atoms with Crippen LogP contribution in [0, 0.1) is 0 Å². The molecule has 0 fully saturated rings. The summed E-state index contributed by atoms with van der Waals surface area (Å²) in [4.78, 5) is 14.3. The Morgan fingerprint density at radius 3 is 2.71 bits per heavy atom. The molecule has 124 valence electrons. The van der Waals surface area contributed by atoms with Crippen LogP contribution in [0.25, 0.3) is 10.7 Å². The molecule has 0 unspecified atom stereocenters. The third-order valence-electron chi connectivity index (χ3n) is 3.28. The van der Waals surface area contributed by atoms with Crippen molar-refractivity contribution >= 4 is 46.5 Å². The summed E-state index contributed by atoms with van der Waals surface area (Å²) in [6.45, 7) is 0. The zero-order valence-corrected chi connectivity index (χ0v) is 15.7. The number of nitrogens with zero attached hydrogens (tertiary/aromatic N) is 3. The van der Waals surface area contributed by atoms with Gasteiger partial charge in [0.25, 0.3) is 0 Å². The van der Waals surface area contributed by atoms with E-state index in [0.717, 1.165) is 21.5 Å². The predicted octanol–water partition coefficient (Wildman–Crippen LogP) is 4.00. The topological polar surface area (TPSA) is 59.8 Å². The molecule has 0 radical (unpaired) electrons. The van der Waals surface area contributed by atoms with Crippen LogP contribution < -0.4 is 5.32 Å². The summed E-state index contributed by atoms with van der Waals surface area (Å²) in [5, 5.41) is 14.0. The molecule has 24 heavy (non-hydrogen) atoms. The third kappa shape index (κ3) is 4.00. The van der Waals surface area contributed by atoms with Gasteiger partial charge in [-0.05, 0) is 42.0 Å². The lowest BCUT2D eigenvalue weighted by Gasteiger charge is -2.06. The van der Waals surface area contributed by atoms with Crippen molar-refractivity contribution in [1.29, 1.82) is 0 Å². The van der Waals surface area contributed by atoms with Gasteiger partial charge in [0.15, 0.2) is 11.0 Å². The number of rotatable bonds is 6. The van der Waals surface area contributed by atoms with E-state index >= 15 is 0 Å². The highest BCUT2D eigenvalue weighted by Gasteiger charge is 2.13. The average Bonchev–Trinajstić information content (AvgIpc) is 3.23. The van der Waals surface area contributed by atoms with E-state index in [-0.39, 0.29) is 5.91 Å². The summed E-state index contributed by atoms with van der Waals surface area (Å²) in [7, 11) is 1.91. The minimum absolute atomic E-state index is 0.0578. The Morgan fingerprint density at radius 1 is 1.25 bits per heavy atom. The molecule has 0 atom stereocenters. The van der Waals surface area contributed by atoms with Crippen molar-refractivity contribution in [3.05, 3.63) is 41.8 Å². The van der Waals surface area contributed by atoms with Crippen molar-refractivity contribution in [2.75, 3.05) is 17.3 Å². The van der Waals surface area contributed by atoms with Crippen LogP contribution in [0.1, 0.15) is 0 Å². The van der Waals surface area contributed by atoms with Crippen molar-refractivity contribution in [3.63, 3.8) is 0 Å². The van der Waals surface area contributed by atoms with Crippen LogP contribution in [0.2, 0.25) is 0 Å². The smallest absolute Gasteiger partial charge is 0.234 e. The first kappa shape index (κ1) is 17.1. The molecule has 2 heterocycles. The molecule has 8 heteroatoms. The molecular weight excluding hydrogens is 360 g/mol. The molecular formula is C16H16N4OS3. The highest BCUT2D eigenvalue weighted by atomic mass is 32.2. The van der Waals surface area contributed by atoms with Gasteiger partial charge in [-0.25, -0.2) is 0 Å². The second kappa shape index (κ2) is 7.87. The molecule has 0 spiro atoms. The van der Waals surface area contributed by atoms with Gasteiger partial charge in [0.05, 0.1) is 10.6 Å². The second-order valence-electron chi connectivity index (χ2n) is 4.91. The van der Waals surface area contributed by atoms with Crippen LogP contribution in [0.15, 0.2) is 51.8 Å². The zero-order valence-electron chi connectivity index (χ0n) is 13.2. The Kier molecular flexibility index (Phi) is 5.60. The third-order valence-corrected chi connectivity index (χ3v) is 5.91. The molecule has 0 aliphatic rings. The minimum atomic E-state index is -0.0578. The Bertz CT molecular complexity index is 812. The van der Waals surface area contributed by atoms with Gasteiger partial charge in [0, 0.05) is 17.6 Å². The van der Waals surface area contributed by atoms with Crippen LogP contribution >= 0.6 is 34.9 Å². The minimum Gasteiger partial charge on any atom is -0.325 e. The maximum atomic E-state index is 12.1. The molecule has 1 N–H and O–H groups in total. The number of thioether (sulfide) groups is 2. The Hall–Kier alpha value is -1.77. The van der Waals surface area contributed by atoms with Crippen molar-refractivity contribution in [2.45, 2.75) is 10.1 Å². The fourth-order valence-electron chi connectivity index (χ4n) is 2.06. The number of thiophene rings is 1. The lowest BCUT2D eigenvalue weighted by Crippen LogP contribution is -2.14. The Labute approximate surface area is 152 Å². The van der Waals surface area contributed by atoms with Gasteiger partial charge in [-0.3, -0.25) is 4.79 Å². The molecule has 0 bridgehead atoms. The first-order chi connectivity index (χ1) is 11.7. The molecule has 0 aliphatic carbocycles. The van der Waals surface area contributed by atoms with Crippen LogP contribution in [-0.2, 0) is 11.8 Å². The number of hydrogen-bond acceptors (Lipinski definition) is 6. The lowest BCUT2D eigenvalue weighted by atomic mass is 10.3. The van der Waals surface area contributed by atoms with Gasteiger partial charge in [0.1, 0.15) is 0 Å². The number of benzene rings is 1. The SMILES string of the molecule is CSc1ccc(NC(=O)CSc2nnc(-c3cccs3)n2C)cc1. The van der Waals surface area contributed by atoms with Gasteiger partial charge < -0.3 is 9.88 Å². The van der Waals surface area contributed by atoms with Crippen LogP contribution in [-0.4, -0.2) is 32.7 Å². The normalized spacial score (nSPS) is 10.8. The van der Waals surface area contributed by atoms with E-state index in [0.29, 0.717) is 5.75 Å². The molecule has 0 saturated carbocycles. The molecule has 1 amide bonds. The largest absolute Gasteiger partial charge is 0.325 e. The number of carbonyl (C=O) groups is 1. The first-order valence-electron chi connectivity index (χ1n) is 7.17. The van der Waals surface area contributed by atoms with Gasteiger partial charge >= 0.3 is 0 Å². The van der Waals surface area contributed by atoms with E-state index in [1.807, 2.05) is 59.6 Å². The molecule has 3 rings (SSSR count). The number of anilines is 1. The van der Waals surface area contributed by atoms with Crippen LogP contribution in [0.4, 0.5) is 5.69 Å². The zero-order chi connectivity index (χ0) is 16.9. The lowest BCUT2D eigenvalue weighted by molar-refractivity contribution is -0.113. The Balaban J connectivity index is 1.58. The summed E-state index contributed by atoms with van der Waals surface area (Å²) in [5.74, 6) is 1.05. The standard InChI is InChI=1S/C16H16N4OS3/c1-20-15(13-4-3-9-23-13)18-19-16(20)24-10-14(21)17-11-5-7-12(22-2)8-6-11/h3-9H,10H2,1-2H3,(H,17,21). The van der Waals surface area contributed by atoms with Gasteiger partial charge in [-0.2, -0.15) is 0 Å². The van der Waals surface area contributed by atoms with Crippen molar-refractivity contribution in [2.24, 2.45) is 7.05 Å². The second-order valence-corrected chi connectivity index (χ2v) is 7.68. The van der Waals surface area contributed by atoms with E-state index in [1.54, 1.807) is 23.1 Å². The van der Waals surface area contributed by atoms with E-state index in [2.05, 4.69) is 15.5 Å². The van der Waals surface area contributed by atoms with Crippen LogP contribution in [0.5, 0.6) is 0 Å². The Morgan fingerprint density at radius 2 is 2.04 bits per heavy atom. The number of hydrogen-bond donors (Lipinski definition) is 1. The van der Waals surface area contributed by atoms with Crippen molar-refractivity contribution in [1.82, 2.24) is 14.8 Å². The summed E-state index contributed by atoms with van der Waals surface area (Å²) in [6, 6.07) is 11.8. The summed E-state index contributed by atoms with van der Waals surface area (Å²) in [5.41, 5.74) is 0.802. The number of aromatic nitrogens is 3. The average molecular weight is 377 g/mol. The molecule has 3 aromatic rings. The molecule has 2 aromatic heterocycles. The van der Waals surface area contributed by atoms with E-state index in [1.165, 1.54) is 16.7 Å². The summed E-state index contributed by atoms with van der Waals surface area (Å²) >= 11 is 4.67. The molecule has 5 nitrogen and oxygen atoms in total. The molecule has 0 aliphatic heterocycles. The monoisotopic (exact) mass is 376 g/mol. The fraction of sp³-hybridized carbons (Fsp3) is 0.188. The maximum absolute atomic E-state index is 12.1. The van der Waals surface area contributed by atoms with Gasteiger partial charge in [-0.1, -0.05) is 17.8 Å². The van der Waals surface area contributed by atoms with Crippen LogP contribution in [0.3, 0.4) is 0 Å². The van der Waals surface area contributed by atoms with E-state index in [9.17, 15) is 4.79 Å². The fourth-order valence-corrected chi connectivity index (χ4v) is 3.93. The molecule has 0 saturated heterocycles. The predicted molar refractivity (Wildman–Crippen MR) is 102 cm³/mol. The number of nitrogens with one attached hydrogen (secondary N) is 1. The quantitative estimate of drug-likeness (QED) is 0.659. The van der Waals surface area contributed by atoms with Gasteiger partial charge in [0.2, 0.25) is 5.91 Å². The van der Waals surface area contributed by atoms with E-state index < -0.39 is 0 Å². The molecule has 1 aromatic carbocycles. The first-order valence-corrected chi connectivity index (χ1v) is 10.3. The highest BCUT2D eigenvalue weighted by Crippen LogP contribution is 2.26. The van der Waals surface area contributed by atoms with Crippen molar-refractivity contribution < 1.29 is 4.79 Å². The summed E-state index contributed by atoms with van der Waals surface area (Å²) < 4.78 is 1.91. The highest BCUT2D eigenvalue weighted by molar-refractivity contribution is 7.99. The van der Waals surface area contributed by atoms with E-state index in [4.69, 9.17) is 0 Å². The summed E-state index contributed by atoms with van der Waals surface area (Å²) in [6.07, 6.45) is 2.02. The number of carbonyl (C=O) groups excluding carboxylic acids is 1. The number of amides is 1. The maximum Gasteiger partial charge on any atom is 0.234 e. The van der Waals surface area contributed by atoms with Gasteiger partial charge in [-0.15, -0.1) is 33.3 Å².